The smallest absolute Gasteiger partial charge is 0.389 e. The SMILES string of the molecule is FC(F)(F)CCc1ccnc(NCc2cc(-c3ccco3)on2)n1. The Bertz CT molecular complexity index is 784. The predicted molar refractivity (Wildman–Crippen MR) is 77.9 cm³/mol. The highest BCUT2D eigenvalue weighted by Gasteiger charge is 2.26. The number of nitrogens with one attached hydrogen (secondary N) is 1. The van der Waals surface area contributed by atoms with Crippen molar-refractivity contribution in [2.75, 3.05) is 5.32 Å². The second-order valence-electron chi connectivity index (χ2n) is 5.00. The molecule has 24 heavy (non-hydrogen) atoms. The van der Waals surface area contributed by atoms with Gasteiger partial charge in [-0.25, -0.2) is 9.97 Å². The number of hydrogen-bond acceptors (Lipinski definition) is 6. The highest BCUT2D eigenvalue weighted by Crippen LogP contribution is 2.22. The molecule has 3 aromatic heterocycles. The molecule has 0 aliphatic carbocycles. The Balaban J connectivity index is 1.59. The molecule has 0 saturated heterocycles. The highest BCUT2D eigenvalue weighted by atomic mass is 19.4. The molecule has 0 spiro atoms. The normalized spacial score (nSPS) is 11.6. The van der Waals surface area contributed by atoms with Crippen LogP contribution >= 0.6 is 0 Å². The Morgan fingerprint density at radius 3 is 2.75 bits per heavy atom. The second kappa shape index (κ2) is 6.73. The van der Waals surface area contributed by atoms with Crippen molar-refractivity contribution in [1.82, 2.24) is 15.1 Å². The van der Waals surface area contributed by atoms with Gasteiger partial charge in [0.05, 0.1) is 12.8 Å². The molecule has 0 aliphatic rings. The number of aromatic nitrogens is 3. The molecule has 9 heteroatoms. The first-order valence-electron chi connectivity index (χ1n) is 7.12. The number of nitrogens with zero attached hydrogens (tertiary/aromatic N) is 3. The van der Waals surface area contributed by atoms with E-state index >= 15 is 0 Å². The van der Waals surface area contributed by atoms with Gasteiger partial charge < -0.3 is 14.3 Å². The van der Waals surface area contributed by atoms with E-state index in [9.17, 15) is 13.2 Å². The molecule has 126 valence electrons. The van der Waals surface area contributed by atoms with Crippen LogP contribution in [0, 0.1) is 0 Å². The van der Waals surface area contributed by atoms with Gasteiger partial charge in [-0.05, 0) is 24.6 Å². The third-order valence-electron chi connectivity index (χ3n) is 3.13. The van der Waals surface area contributed by atoms with E-state index in [-0.39, 0.29) is 18.9 Å². The summed E-state index contributed by atoms with van der Waals surface area (Å²) in [6.07, 6.45) is -2.37. The summed E-state index contributed by atoms with van der Waals surface area (Å²) in [7, 11) is 0. The third kappa shape index (κ3) is 4.34. The Morgan fingerprint density at radius 2 is 2.00 bits per heavy atom. The van der Waals surface area contributed by atoms with Gasteiger partial charge in [-0.3, -0.25) is 0 Å². The molecule has 0 fully saturated rings. The van der Waals surface area contributed by atoms with Crippen LogP contribution < -0.4 is 5.32 Å². The van der Waals surface area contributed by atoms with E-state index in [0.29, 0.717) is 22.9 Å². The van der Waals surface area contributed by atoms with E-state index in [1.807, 2.05) is 0 Å². The maximum atomic E-state index is 12.2. The minimum absolute atomic E-state index is 0.187. The number of rotatable bonds is 6. The van der Waals surface area contributed by atoms with Crippen molar-refractivity contribution in [3.05, 3.63) is 48.1 Å². The molecule has 0 aliphatic heterocycles. The van der Waals surface area contributed by atoms with Crippen LogP contribution in [0.25, 0.3) is 11.5 Å². The van der Waals surface area contributed by atoms with E-state index in [4.69, 9.17) is 8.94 Å². The highest BCUT2D eigenvalue weighted by molar-refractivity contribution is 5.49. The summed E-state index contributed by atoms with van der Waals surface area (Å²) in [5, 5.41) is 6.78. The molecule has 6 nitrogen and oxygen atoms in total. The molecule has 3 aromatic rings. The van der Waals surface area contributed by atoms with E-state index in [0.717, 1.165) is 0 Å². The summed E-state index contributed by atoms with van der Waals surface area (Å²) in [6, 6.07) is 6.63. The summed E-state index contributed by atoms with van der Waals surface area (Å²) >= 11 is 0. The van der Waals surface area contributed by atoms with Crippen molar-refractivity contribution in [2.45, 2.75) is 25.6 Å². The van der Waals surface area contributed by atoms with Crippen molar-refractivity contribution < 1.29 is 22.1 Å². The third-order valence-corrected chi connectivity index (χ3v) is 3.13. The van der Waals surface area contributed by atoms with Crippen LogP contribution in [0.15, 0.2) is 45.7 Å². The van der Waals surface area contributed by atoms with Crippen LogP contribution in [0.3, 0.4) is 0 Å². The summed E-state index contributed by atoms with van der Waals surface area (Å²) in [5.74, 6) is 1.27. The maximum absolute atomic E-state index is 12.2. The lowest BCUT2D eigenvalue weighted by Gasteiger charge is -2.07. The van der Waals surface area contributed by atoms with Crippen LogP contribution in [0.4, 0.5) is 19.1 Å². The number of alkyl halides is 3. The van der Waals surface area contributed by atoms with E-state index in [1.54, 1.807) is 18.2 Å². The first-order chi connectivity index (χ1) is 11.5. The largest absolute Gasteiger partial charge is 0.461 e. The van der Waals surface area contributed by atoms with Gasteiger partial charge in [-0.1, -0.05) is 5.16 Å². The van der Waals surface area contributed by atoms with Crippen molar-refractivity contribution in [3.8, 4) is 11.5 Å². The van der Waals surface area contributed by atoms with Gasteiger partial charge in [0.15, 0.2) is 5.76 Å². The fourth-order valence-corrected chi connectivity index (χ4v) is 1.99. The molecule has 0 amide bonds. The molecule has 0 bridgehead atoms. The second-order valence-corrected chi connectivity index (χ2v) is 5.00. The first-order valence-corrected chi connectivity index (χ1v) is 7.12. The average Bonchev–Trinajstić information content (AvgIpc) is 3.22. The summed E-state index contributed by atoms with van der Waals surface area (Å²) < 4.78 is 47.1. The van der Waals surface area contributed by atoms with Gasteiger partial charge in [0, 0.05) is 24.4 Å². The minimum Gasteiger partial charge on any atom is -0.461 e. The van der Waals surface area contributed by atoms with Crippen molar-refractivity contribution >= 4 is 5.95 Å². The Kier molecular flexibility index (Phi) is 4.50. The van der Waals surface area contributed by atoms with Gasteiger partial charge in [0.1, 0.15) is 5.69 Å². The summed E-state index contributed by atoms with van der Waals surface area (Å²) in [4.78, 5) is 8.02. The van der Waals surface area contributed by atoms with E-state index in [1.165, 1.54) is 18.5 Å². The van der Waals surface area contributed by atoms with Crippen LogP contribution in [0.2, 0.25) is 0 Å². The molecule has 0 saturated carbocycles. The van der Waals surface area contributed by atoms with Crippen LogP contribution in [0.5, 0.6) is 0 Å². The lowest BCUT2D eigenvalue weighted by Crippen LogP contribution is -2.10. The zero-order valence-electron chi connectivity index (χ0n) is 12.4. The molecule has 0 aromatic carbocycles. The maximum Gasteiger partial charge on any atom is 0.389 e. The monoisotopic (exact) mass is 338 g/mol. The van der Waals surface area contributed by atoms with Crippen molar-refractivity contribution in [3.63, 3.8) is 0 Å². The first kappa shape index (κ1) is 16.0. The molecule has 3 rings (SSSR count). The van der Waals surface area contributed by atoms with Crippen molar-refractivity contribution in [1.29, 1.82) is 0 Å². The number of hydrogen-bond donors (Lipinski definition) is 1. The number of anilines is 1. The average molecular weight is 338 g/mol. The van der Waals surface area contributed by atoms with E-state index in [2.05, 4.69) is 20.4 Å². The molecule has 0 radical (unpaired) electrons. The molecule has 1 N–H and O–H groups in total. The fourth-order valence-electron chi connectivity index (χ4n) is 1.99. The van der Waals surface area contributed by atoms with E-state index < -0.39 is 12.6 Å². The zero-order chi connectivity index (χ0) is 17.0. The summed E-state index contributed by atoms with van der Waals surface area (Å²) in [5.41, 5.74) is 0.909. The van der Waals surface area contributed by atoms with Crippen LogP contribution in [-0.4, -0.2) is 21.3 Å². The van der Waals surface area contributed by atoms with Gasteiger partial charge in [-0.15, -0.1) is 0 Å². The van der Waals surface area contributed by atoms with Crippen LogP contribution in [0.1, 0.15) is 17.8 Å². The Labute approximate surface area is 134 Å². The number of halogens is 3. The summed E-state index contributed by atoms with van der Waals surface area (Å²) in [6.45, 7) is 0.271. The molecule has 3 heterocycles. The standard InChI is InChI=1S/C15H13F3N4O2/c16-15(17,18)5-3-10-4-6-19-14(21-10)20-9-11-8-13(24-22-11)12-2-1-7-23-12/h1-2,4,6-8H,3,5,9H2,(H,19,20,21). The van der Waals surface area contributed by atoms with Crippen molar-refractivity contribution in [2.24, 2.45) is 0 Å². The fraction of sp³-hybridized carbons (Fsp3) is 0.267. The topological polar surface area (TPSA) is 77.0 Å². The van der Waals surface area contributed by atoms with Gasteiger partial charge >= 0.3 is 6.18 Å². The minimum atomic E-state index is -4.21. The number of aryl methyl sites for hydroxylation is 1. The van der Waals surface area contributed by atoms with Gasteiger partial charge in [0.25, 0.3) is 0 Å². The van der Waals surface area contributed by atoms with Gasteiger partial charge in [-0.2, -0.15) is 13.2 Å². The molecule has 0 atom stereocenters. The quantitative estimate of drug-likeness (QED) is 0.736. The predicted octanol–water partition coefficient (Wildman–Crippen LogP) is 3.83. The molecular weight excluding hydrogens is 325 g/mol. The van der Waals surface area contributed by atoms with Gasteiger partial charge in [0.2, 0.25) is 11.7 Å². The lowest BCUT2D eigenvalue weighted by atomic mass is 10.2. The van der Waals surface area contributed by atoms with Crippen LogP contribution in [-0.2, 0) is 13.0 Å². The zero-order valence-corrected chi connectivity index (χ0v) is 12.4. The Hall–Kier alpha value is -2.84. The lowest BCUT2D eigenvalue weighted by molar-refractivity contribution is -0.134. The number of furan rings is 1. The molecule has 0 unspecified atom stereocenters. The Morgan fingerprint density at radius 1 is 1.12 bits per heavy atom. The molecular formula is C15H13F3N4O2.